The van der Waals surface area contributed by atoms with E-state index in [2.05, 4.69) is 20.1 Å². The van der Waals surface area contributed by atoms with Gasteiger partial charge in [-0.15, -0.1) is 10.2 Å². The van der Waals surface area contributed by atoms with Gasteiger partial charge in [0.2, 0.25) is 0 Å². The number of urea groups is 1. The maximum absolute atomic E-state index is 12.6. The molecule has 1 aromatic carbocycles. The van der Waals surface area contributed by atoms with Crippen LogP contribution in [0.5, 0.6) is 0 Å². The molecule has 1 saturated heterocycles. The monoisotopic (exact) mass is 353 g/mol. The number of amides is 2. The molecular formula is C20H27N5O. The highest BCUT2D eigenvalue weighted by atomic mass is 16.2. The van der Waals surface area contributed by atoms with E-state index in [1.54, 1.807) is 0 Å². The predicted molar refractivity (Wildman–Crippen MR) is 101 cm³/mol. The van der Waals surface area contributed by atoms with Crippen molar-refractivity contribution in [2.75, 3.05) is 18.4 Å². The third-order valence-corrected chi connectivity index (χ3v) is 5.39. The first-order valence-electron chi connectivity index (χ1n) is 9.66. The Labute approximate surface area is 154 Å². The second kappa shape index (κ2) is 7.48. The average Bonchev–Trinajstić information content (AvgIpc) is 3.34. The molecule has 26 heavy (non-hydrogen) atoms. The van der Waals surface area contributed by atoms with Crippen molar-refractivity contribution >= 4 is 11.7 Å². The number of nitrogens with zero attached hydrogens (tertiary/aromatic N) is 4. The van der Waals surface area contributed by atoms with E-state index in [1.807, 2.05) is 42.4 Å². The van der Waals surface area contributed by atoms with Crippen molar-refractivity contribution in [3.05, 3.63) is 42.0 Å². The fraction of sp³-hybridized carbons (Fsp3) is 0.550. The van der Waals surface area contributed by atoms with Crippen LogP contribution in [0.4, 0.5) is 10.5 Å². The van der Waals surface area contributed by atoms with Gasteiger partial charge >= 0.3 is 6.03 Å². The van der Waals surface area contributed by atoms with E-state index in [0.29, 0.717) is 5.92 Å². The maximum atomic E-state index is 12.6. The van der Waals surface area contributed by atoms with Crippen LogP contribution in [0.25, 0.3) is 0 Å². The zero-order chi connectivity index (χ0) is 17.9. The van der Waals surface area contributed by atoms with E-state index in [0.717, 1.165) is 61.9 Å². The first kappa shape index (κ1) is 17.1. The summed E-state index contributed by atoms with van der Waals surface area (Å²) in [6, 6.07) is 7.94. The molecule has 6 nitrogen and oxygen atoms in total. The lowest BCUT2D eigenvalue weighted by atomic mass is 9.94. The molecule has 4 rings (SSSR count). The van der Waals surface area contributed by atoms with Gasteiger partial charge < -0.3 is 14.8 Å². The number of rotatable bonds is 5. The van der Waals surface area contributed by atoms with Gasteiger partial charge in [0.25, 0.3) is 0 Å². The summed E-state index contributed by atoms with van der Waals surface area (Å²) >= 11 is 0. The number of aryl methyl sites for hydroxylation is 1. The van der Waals surface area contributed by atoms with E-state index in [-0.39, 0.29) is 6.03 Å². The number of piperidine rings is 1. The molecular weight excluding hydrogens is 326 g/mol. The Morgan fingerprint density at radius 1 is 1.27 bits per heavy atom. The highest BCUT2D eigenvalue weighted by Crippen LogP contribution is 2.31. The molecule has 1 saturated carbocycles. The Kier molecular flexibility index (Phi) is 4.91. The van der Waals surface area contributed by atoms with Gasteiger partial charge in [0.1, 0.15) is 12.2 Å². The van der Waals surface area contributed by atoms with Gasteiger partial charge in [-0.05, 0) is 62.1 Å². The summed E-state index contributed by atoms with van der Waals surface area (Å²) in [5.74, 6) is 2.34. The van der Waals surface area contributed by atoms with Crippen LogP contribution in [0.15, 0.2) is 30.6 Å². The third kappa shape index (κ3) is 4.23. The molecule has 2 heterocycles. The van der Waals surface area contributed by atoms with E-state index < -0.39 is 0 Å². The van der Waals surface area contributed by atoms with E-state index in [9.17, 15) is 4.79 Å². The minimum absolute atomic E-state index is 0.000234. The lowest BCUT2D eigenvalue weighted by Crippen LogP contribution is -2.43. The normalized spacial score (nSPS) is 20.2. The van der Waals surface area contributed by atoms with Crippen LogP contribution in [0.1, 0.15) is 37.1 Å². The van der Waals surface area contributed by atoms with Crippen LogP contribution in [0, 0.1) is 18.8 Å². The van der Waals surface area contributed by atoms with Crippen molar-refractivity contribution in [1.29, 1.82) is 0 Å². The number of likely N-dealkylation sites (tertiary alicyclic amines) is 1. The van der Waals surface area contributed by atoms with Crippen molar-refractivity contribution < 1.29 is 4.79 Å². The van der Waals surface area contributed by atoms with Gasteiger partial charge in [-0.2, -0.15) is 0 Å². The first-order chi connectivity index (χ1) is 12.7. The molecule has 2 aromatic rings. The Morgan fingerprint density at radius 2 is 2.15 bits per heavy atom. The van der Waals surface area contributed by atoms with Crippen LogP contribution in [0.2, 0.25) is 0 Å². The number of anilines is 1. The van der Waals surface area contributed by atoms with Crippen molar-refractivity contribution in [2.24, 2.45) is 11.8 Å². The minimum Gasteiger partial charge on any atom is -0.324 e. The minimum atomic E-state index is -0.000234. The third-order valence-electron chi connectivity index (χ3n) is 5.39. The van der Waals surface area contributed by atoms with Gasteiger partial charge in [0, 0.05) is 31.7 Å². The molecule has 1 aromatic heterocycles. The number of nitrogens with one attached hydrogen (secondary N) is 1. The first-order valence-corrected chi connectivity index (χ1v) is 9.66. The van der Waals surface area contributed by atoms with Gasteiger partial charge in [0.05, 0.1) is 0 Å². The van der Waals surface area contributed by atoms with E-state index >= 15 is 0 Å². The quantitative estimate of drug-likeness (QED) is 0.895. The van der Waals surface area contributed by atoms with Crippen LogP contribution in [0.3, 0.4) is 0 Å². The smallest absolute Gasteiger partial charge is 0.321 e. The molecule has 2 amide bonds. The second-order valence-electron chi connectivity index (χ2n) is 7.80. The number of benzene rings is 1. The molecule has 6 heteroatoms. The summed E-state index contributed by atoms with van der Waals surface area (Å²) in [5.41, 5.74) is 2.01. The molecule has 0 bridgehead atoms. The summed E-state index contributed by atoms with van der Waals surface area (Å²) in [6.45, 7) is 4.69. The fourth-order valence-electron chi connectivity index (χ4n) is 3.77. The van der Waals surface area contributed by atoms with E-state index in [1.165, 1.54) is 12.8 Å². The topological polar surface area (TPSA) is 63.1 Å². The highest BCUT2D eigenvalue weighted by molar-refractivity contribution is 5.89. The van der Waals surface area contributed by atoms with Crippen molar-refractivity contribution in [1.82, 2.24) is 19.7 Å². The van der Waals surface area contributed by atoms with Crippen LogP contribution >= 0.6 is 0 Å². The molecule has 1 aliphatic heterocycles. The van der Waals surface area contributed by atoms with E-state index in [4.69, 9.17) is 0 Å². The summed E-state index contributed by atoms with van der Waals surface area (Å²) in [4.78, 5) is 14.6. The SMILES string of the molecule is Cc1cccc(NC(=O)N2CCCC(Cc3nncn3CC3CC3)C2)c1. The number of hydrogen-bond acceptors (Lipinski definition) is 3. The summed E-state index contributed by atoms with van der Waals surface area (Å²) in [6.07, 6.45) is 7.61. The van der Waals surface area contributed by atoms with Gasteiger partial charge in [-0.3, -0.25) is 0 Å². The van der Waals surface area contributed by atoms with Crippen LogP contribution in [-0.2, 0) is 13.0 Å². The molecule has 2 fully saturated rings. The standard InChI is InChI=1S/C20H27N5O/c1-15-4-2-6-18(10-15)22-20(26)24-9-3-5-17(13-24)11-19-23-21-14-25(19)12-16-7-8-16/h2,4,6,10,14,16-17H,3,5,7-9,11-13H2,1H3,(H,22,26). The van der Waals surface area contributed by atoms with Gasteiger partial charge in [-0.25, -0.2) is 4.79 Å². The van der Waals surface area contributed by atoms with Crippen molar-refractivity contribution in [2.45, 2.75) is 45.6 Å². The molecule has 1 unspecified atom stereocenters. The number of carbonyl (C=O) groups excluding carboxylic acids is 1. The van der Waals surface area contributed by atoms with Crippen molar-refractivity contribution in [3.63, 3.8) is 0 Å². The zero-order valence-electron chi connectivity index (χ0n) is 15.4. The summed E-state index contributed by atoms with van der Waals surface area (Å²) in [5, 5.41) is 11.5. The average molecular weight is 353 g/mol. The molecule has 138 valence electrons. The highest BCUT2D eigenvalue weighted by Gasteiger charge is 2.27. The second-order valence-corrected chi connectivity index (χ2v) is 7.80. The Hall–Kier alpha value is -2.37. The number of carbonyl (C=O) groups is 1. The van der Waals surface area contributed by atoms with Gasteiger partial charge in [0.15, 0.2) is 0 Å². The Bertz CT molecular complexity index is 767. The Morgan fingerprint density at radius 3 is 2.96 bits per heavy atom. The lowest BCUT2D eigenvalue weighted by molar-refractivity contribution is 0.176. The lowest BCUT2D eigenvalue weighted by Gasteiger charge is -2.32. The number of aromatic nitrogens is 3. The molecule has 0 radical (unpaired) electrons. The predicted octanol–water partition coefficient (Wildman–Crippen LogP) is 3.48. The molecule has 0 spiro atoms. The zero-order valence-corrected chi connectivity index (χ0v) is 15.4. The van der Waals surface area contributed by atoms with Crippen LogP contribution in [-0.4, -0.2) is 38.8 Å². The maximum Gasteiger partial charge on any atom is 0.321 e. The molecule has 1 aliphatic carbocycles. The fourth-order valence-corrected chi connectivity index (χ4v) is 3.77. The van der Waals surface area contributed by atoms with Crippen LogP contribution < -0.4 is 5.32 Å². The molecule has 2 aliphatic rings. The number of hydrogen-bond donors (Lipinski definition) is 1. The van der Waals surface area contributed by atoms with Gasteiger partial charge in [-0.1, -0.05) is 12.1 Å². The summed E-state index contributed by atoms with van der Waals surface area (Å²) in [7, 11) is 0. The Balaban J connectivity index is 1.35. The summed E-state index contributed by atoms with van der Waals surface area (Å²) < 4.78 is 2.21. The largest absolute Gasteiger partial charge is 0.324 e. The van der Waals surface area contributed by atoms with Crippen molar-refractivity contribution in [3.8, 4) is 0 Å². The molecule has 1 N–H and O–H groups in total. The molecule has 1 atom stereocenters.